The summed E-state index contributed by atoms with van der Waals surface area (Å²) in [4.78, 5) is 18.0. The Balaban J connectivity index is 2.18. The van der Waals surface area contributed by atoms with Crippen molar-refractivity contribution in [1.82, 2.24) is 9.88 Å². The summed E-state index contributed by atoms with van der Waals surface area (Å²) in [5.41, 5.74) is 6.41. The van der Waals surface area contributed by atoms with E-state index in [1.807, 2.05) is 13.8 Å². The maximum atomic E-state index is 12.3. The van der Waals surface area contributed by atoms with Crippen LogP contribution in [0, 0.1) is 0 Å². The van der Waals surface area contributed by atoms with Gasteiger partial charge in [-0.15, -0.1) is 0 Å². The predicted octanol–water partition coefficient (Wildman–Crippen LogP) is 0.915. The van der Waals surface area contributed by atoms with Crippen molar-refractivity contribution in [1.29, 1.82) is 0 Å². The number of carbonyl (C=O) groups is 1. The van der Waals surface area contributed by atoms with E-state index < -0.39 is 0 Å². The van der Waals surface area contributed by atoms with Crippen LogP contribution in [0.5, 0.6) is 0 Å². The van der Waals surface area contributed by atoms with Gasteiger partial charge in [-0.25, -0.2) is 0 Å². The largest absolute Gasteiger partial charge is 0.398 e. The molecular weight excluding hydrogens is 218 g/mol. The smallest absolute Gasteiger partial charge is 0.257 e. The summed E-state index contributed by atoms with van der Waals surface area (Å²) in [6.07, 6.45) is 3.09. The van der Waals surface area contributed by atoms with Gasteiger partial charge < -0.3 is 15.4 Å². The van der Waals surface area contributed by atoms with Crippen LogP contribution in [-0.4, -0.2) is 41.1 Å². The standard InChI is InChI=1S/C12H17N3O2/c1-12(2)8-15(5-6-17-12)11(16)9-7-14-4-3-10(9)13/h3-4,7H,5-6,8H2,1-2H3,(H2,13,14). The van der Waals surface area contributed by atoms with Crippen LogP contribution in [-0.2, 0) is 4.74 Å². The Kier molecular flexibility index (Phi) is 3.02. The summed E-state index contributed by atoms with van der Waals surface area (Å²) in [5, 5.41) is 0. The minimum absolute atomic E-state index is 0.0769. The molecule has 1 fully saturated rings. The first kappa shape index (κ1) is 11.9. The zero-order chi connectivity index (χ0) is 12.5. The van der Waals surface area contributed by atoms with Crippen LogP contribution >= 0.6 is 0 Å². The molecule has 17 heavy (non-hydrogen) atoms. The van der Waals surface area contributed by atoms with Crippen molar-refractivity contribution in [3.05, 3.63) is 24.0 Å². The number of amides is 1. The van der Waals surface area contributed by atoms with E-state index in [9.17, 15) is 4.79 Å². The molecule has 0 radical (unpaired) electrons. The summed E-state index contributed by atoms with van der Waals surface area (Å²) in [6, 6.07) is 1.64. The zero-order valence-electron chi connectivity index (χ0n) is 10.1. The third-order valence-electron chi connectivity index (χ3n) is 2.80. The first-order valence-corrected chi connectivity index (χ1v) is 5.62. The molecule has 1 aliphatic heterocycles. The van der Waals surface area contributed by atoms with E-state index in [4.69, 9.17) is 10.5 Å². The molecule has 2 rings (SSSR count). The highest BCUT2D eigenvalue weighted by Crippen LogP contribution is 2.20. The fraction of sp³-hybridized carbons (Fsp3) is 0.500. The molecule has 1 aromatic heterocycles. The summed E-state index contributed by atoms with van der Waals surface area (Å²) >= 11 is 0. The molecule has 0 unspecified atom stereocenters. The Hall–Kier alpha value is -1.62. The summed E-state index contributed by atoms with van der Waals surface area (Å²) < 4.78 is 5.57. The number of nitrogens with two attached hydrogens (primary N) is 1. The van der Waals surface area contributed by atoms with Crippen molar-refractivity contribution in [3.8, 4) is 0 Å². The van der Waals surface area contributed by atoms with E-state index in [-0.39, 0.29) is 11.5 Å². The molecule has 92 valence electrons. The Morgan fingerprint density at radius 1 is 1.59 bits per heavy atom. The van der Waals surface area contributed by atoms with Gasteiger partial charge in [0, 0.05) is 31.2 Å². The SMILES string of the molecule is CC1(C)CN(C(=O)c2cnccc2N)CCO1. The number of anilines is 1. The van der Waals surface area contributed by atoms with Crippen molar-refractivity contribution in [2.24, 2.45) is 0 Å². The van der Waals surface area contributed by atoms with Crippen LogP contribution in [0.3, 0.4) is 0 Å². The van der Waals surface area contributed by atoms with Gasteiger partial charge in [-0.3, -0.25) is 9.78 Å². The van der Waals surface area contributed by atoms with Crippen LogP contribution in [0.1, 0.15) is 24.2 Å². The average Bonchev–Trinajstić information content (AvgIpc) is 2.27. The van der Waals surface area contributed by atoms with Gasteiger partial charge in [0.25, 0.3) is 5.91 Å². The molecule has 2 heterocycles. The maximum absolute atomic E-state index is 12.3. The van der Waals surface area contributed by atoms with Gasteiger partial charge in [0.05, 0.1) is 17.8 Å². The molecule has 2 N–H and O–H groups in total. The number of pyridine rings is 1. The van der Waals surface area contributed by atoms with Crippen LogP contribution in [0.4, 0.5) is 5.69 Å². The Morgan fingerprint density at radius 3 is 3.00 bits per heavy atom. The molecule has 5 nitrogen and oxygen atoms in total. The van der Waals surface area contributed by atoms with Crippen LogP contribution in [0.25, 0.3) is 0 Å². The van der Waals surface area contributed by atoms with Crippen LogP contribution in [0.2, 0.25) is 0 Å². The fourth-order valence-corrected chi connectivity index (χ4v) is 1.94. The average molecular weight is 235 g/mol. The second-order valence-electron chi connectivity index (χ2n) is 4.80. The first-order valence-electron chi connectivity index (χ1n) is 5.62. The second-order valence-corrected chi connectivity index (χ2v) is 4.80. The highest BCUT2D eigenvalue weighted by molar-refractivity contribution is 5.98. The van der Waals surface area contributed by atoms with Crippen molar-refractivity contribution < 1.29 is 9.53 Å². The molecule has 0 saturated carbocycles. The lowest BCUT2D eigenvalue weighted by Crippen LogP contribution is -2.50. The fourth-order valence-electron chi connectivity index (χ4n) is 1.94. The van der Waals surface area contributed by atoms with E-state index >= 15 is 0 Å². The maximum Gasteiger partial charge on any atom is 0.257 e. The van der Waals surface area contributed by atoms with Gasteiger partial charge >= 0.3 is 0 Å². The van der Waals surface area contributed by atoms with E-state index in [2.05, 4.69) is 4.98 Å². The normalized spacial score (nSPS) is 19.1. The molecule has 5 heteroatoms. The molecule has 1 aliphatic rings. The predicted molar refractivity (Wildman–Crippen MR) is 64.6 cm³/mol. The number of carbonyl (C=O) groups excluding carboxylic acids is 1. The van der Waals surface area contributed by atoms with Gasteiger partial charge in [-0.2, -0.15) is 0 Å². The lowest BCUT2D eigenvalue weighted by atomic mass is 10.1. The molecule has 0 atom stereocenters. The highest BCUT2D eigenvalue weighted by atomic mass is 16.5. The monoisotopic (exact) mass is 235 g/mol. The molecule has 1 aromatic rings. The van der Waals surface area contributed by atoms with E-state index in [1.165, 1.54) is 6.20 Å². The van der Waals surface area contributed by atoms with Gasteiger partial charge in [0.2, 0.25) is 0 Å². The third kappa shape index (κ3) is 2.55. The quantitative estimate of drug-likeness (QED) is 0.785. The second kappa shape index (κ2) is 4.33. The Morgan fingerprint density at radius 2 is 2.35 bits per heavy atom. The minimum Gasteiger partial charge on any atom is -0.398 e. The van der Waals surface area contributed by atoms with E-state index in [0.717, 1.165) is 0 Å². The number of rotatable bonds is 1. The summed E-state index contributed by atoms with van der Waals surface area (Å²) in [5.74, 6) is -0.0769. The highest BCUT2D eigenvalue weighted by Gasteiger charge is 2.30. The van der Waals surface area contributed by atoms with Gasteiger partial charge in [0.1, 0.15) is 0 Å². The number of aromatic nitrogens is 1. The van der Waals surface area contributed by atoms with Crippen LogP contribution < -0.4 is 5.73 Å². The van der Waals surface area contributed by atoms with Gasteiger partial charge in [0.15, 0.2) is 0 Å². The van der Waals surface area contributed by atoms with Crippen molar-refractivity contribution in [2.75, 3.05) is 25.4 Å². The Bertz CT molecular complexity index is 432. The topological polar surface area (TPSA) is 68.5 Å². The zero-order valence-corrected chi connectivity index (χ0v) is 10.1. The van der Waals surface area contributed by atoms with E-state index in [1.54, 1.807) is 17.2 Å². The van der Waals surface area contributed by atoms with Gasteiger partial charge in [-0.05, 0) is 19.9 Å². The van der Waals surface area contributed by atoms with E-state index in [0.29, 0.717) is 30.9 Å². The van der Waals surface area contributed by atoms with Crippen molar-refractivity contribution in [3.63, 3.8) is 0 Å². The summed E-state index contributed by atoms with van der Waals surface area (Å²) in [7, 11) is 0. The first-order chi connectivity index (χ1) is 7.99. The number of morpholine rings is 1. The number of hydrogen-bond acceptors (Lipinski definition) is 4. The molecule has 1 amide bonds. The van der Waals surface area contributed by atoms with Crippen molar-refractivity contribution >= 4 is 11.6 Å². The molecule has 0 bridgehead atoms. The minimum atomic E-state index is -0.301. The molecule has 1 saturated heterocycles. The molecule has 0 aliphatic carbocycles. The van der Waals surface area contributed by atoms with Crippen molar-refractivity contribution in [2.45, 2.75) is 19.4 Å². The number of hydrogen-bond donors (Lipinski definition) is 1. The number of nitrogen functional groups attached to an aromatic ring is 1. The molecular formula is C12H17N3O2. The van der Waals surface area contributed by atoms with Gasteiger partial charge in [-0.1, -0.05) is 0 Å². The molecule has 0 spiro atoms. The van der Waals surface area contributed by atoms with Crippen LogP contribution in [0.15, 0.2) is 18.5 Å². The molecule has 0 aromatic carbocycles. The summed E-state index contributed by atoms with van der Waals surface area (Å²) in [6.45, 7) is 5.66. The third-order valence-corrected chi connectivity index (χ3v) is 2.80. The number of nitrogens with zero attached hydrogens (tertiary/aromatic N) is 2. The lowest BCUT2D eigenvalue weighted by molar-refractivity contribution is -0.0763. The Labute approximate surface area is 101 Å². The number of ether oxygens (including phenoxy) is 1. The lowest BCUT2D eigenvalue weighted by Gasteiger charge is -2.38.